The summed E-state index contributed by atoms with van der Waals surface area (Å²) in [6, 6.07) is 2.29. The van der Waals surface area contributed by atoms with Crippen molar-refractivity contribution in [3.63, 3.8) is 0 Å². The topological polar surface area (TPSA) is 67.6 Å². The van der Waals surface area contributed by atoms with E-state index in [9.17, 15) is 14.5 Å². The van der Waals surface area contributed by atoms with E-state index in [2.05, 4.69) is 26.1 Å². The number of hydrogen-bond acceptors (Lipinski definition) is 5. The number of nitrogens with one attached hydrogen (secondary N) is 1. The molecule has 21 heavy (non-hydrogen) atoms. The molecule has 1 aromatic rings. The van der Waals surface area contributed by atoms with Gasteiger partial charge in [0.15, 0.2) is 0 Å². The smallest absolute Gasteiger partial charge is 0.293 e. The SMILES string of the molecule is CC(CN1CCOCC1)Nc1cc(F)c(Br)cc1[N+](=O)[O-]. The Hall–Kier alpha value is -1.25. The number of anilines is 1. The van der Waals surface area contributed by atoms with Crippen LogP contribution in [-0.4, -0.2) is 48.7 Å². The van der Waals surface area contributed by atoms with Gasteiger partial charge < -0.3 is 10.1 Å². The van der Waals surface area contributed by atoms with Gasteiger partial charge in [0.2, 0.25) is 0 Å². The monoisotopic (exact) mass is 361 g/mol. The number of nitro benzene ring substituents is 1. The number of nitro groups is 1. The second-order valence-electron chi connectivity index (χ2n) is 5.00. The van der Waals surface area contributed by atoms with Gasteiger partial charge in [0.1, 0.15) is 11.5 Å². The summed E-state index contributed by atoms with van der Waals surface area (Å²) in [7, 11) is 0. The van der Waals surface area contributed by atoms with Gasteiger partial charge in [-0.2, -0.15) is 0 Å². The van der Waals surface area contributed by atoms with Crippen LogP contribution < -0.4 is 5.32 Å². The summed E-state index contributed by atoms with van der Waals surface area (Å²) in [6.07, 6.45) is 0. The molecule has 1 aliphatic heterocycles. The number of rotatable bonds is 5. The standard InChI is InChI=1S/C13H17BrFN3O3/c1-9(8-17-2-4-21-5-3-17)16-12-7-11(15)10(14)6-13(12)18(19)20/h6-7,9,16H,2-5,8H2,1H3. The zero-order valence-electron chi connectivity index (χ0n) is 11.6. The van der Waals surface area contributed by atoms with Crippen LogP contribution in [0.25, 0.3) is 0 Å². The molecule has 0 saturated carbocycles. The van der Waals surface area contributed by atoms with Crippen LogP contribution in [0.2, 0.25) is 0 Å². The Labute approximate surface area is 130 Å². The van der Waals surface area contributed by atoms with E-state index in [1.54, 1.807) is 0 Å². The van der Waals surface area contributed by atoms with E-state index in [0.717, 1.165) is 25.7 Å². The minimum atomic E-state index is -0.526. The van der Waals surface area contributed by atoms with Crippen molar-refractivity contribution >= 4 is 27.3 Å². The third-order valence-electron chi connectivity index (χ3n) is 3.27. The molecule has 1 fully saturated rings. The van der Waals surface area contributed by atoms with Gasteiger partial charge in [-0.25, -0.2) is 4.39 Å². The van der Waals surface area contributed by atoms with Crippen molar-refractivity contribution in [2.75, 3.05) is 38.2 Å². The zero-order chi connectivity index (χ0) is 15.4. The minimum absolute atomic E-state index is 0.0395. The summed E-state index contributed by atoms with van der Waals surface area (Å²) in [4.78, 5) is 12.7. The molecule has 1 aliphatic rings. The maximum absolute atomic E-state index is 13.6. The highest BCUT2D eigenvalue weighted by Crippen LogP contribution is 2.31. The number of benzene rings is 1. The Balaban J connectivity index is 2.07. The van der Waals surface area contributed by atoms with Gasteiger partial charge in [-0.1, -0.05) is 0 Å². The second-order valence-corrected chi connectivity index (χ2v) is 5.85. The normalized spacial score (nSPS) is 17.5. The van der Waals surface area contributed by atoms with Crippen molar-refractivity contribution in [1.29, 1.82) is 0 Å². The highest BCUT2D eigenvalue weighted by Gasteiger charge is 2.20. The van der Waals surface area contributed by atoms with Gasteiger partial charge in [-0.05, 0) is 22.9 Å². The Kier molecular flexibility index (Phi) is 5.49. The van der Waals surface area contributed by atoms with E-state index >= 15 is 0 Å². The molecule has 6 nitrogen and oxygen atoms in total. The van der Waals surface area contributed by atoms with E-state index in [1.165, 1.54) is 6.07 Å². The maximum atomic E-state index is 13.6. The highest BCUT2D eigenvalue weighted by molar-refractivity contribution is 9.10. The lowest BCUT2D eigenvalue weighted by Gasteiger charge is -2.29. The molecule has 1 unspecified atom stereocenters. The van der Waals surface area contributed by atoms with Gasteiger partial charge in [0, 0.05) is 37.8 Å². The van der Waals surface area contributed by atoms with E-state index < -0.39 is 10.7 Å². The average Bonchev–Trinajstić information content (AvgIpc) is 2.43. The molecular formula is C13H17BrFN3O3. The first kappa shape index (κ1) is 16.1. The van der Waals surface area contributed by atoms with Crippen molar-refractivity contribution < 1.29 is 14.1 Å². The van der Waals surface area contributed by atoms with Gasteiger partial charge in [0.25, 0.3) is 5.69 Å². The van der Waals surface area contributed by atoms with Crippen LogP contribution in [-0.2, 0) is 4.74 Å². The van der Waals surface area contributed by atoms with Gasteiger partial charge in [-0.3, -0.25) is 15.0 Å². The fraction of sp³-hybridized carbons (Fsp3) is 0.538. The number of hydrogen-bond donors (Lipinski definition) is 1. The molecule has 2 rings (SSSR count). The summed E-state index contributed by atoms with van der Waals surface area (Å²) in [6.45, 7) is 5.70. The van der Waals surface area contributed by atoms with E-state index in [-0.39, 0.29) is 21.9 Å². The van der Waals surface area contributed by atoms with Crippen molar-refractivity contribution in [2.45, 2.75) is 13.0 Å². The molecule has 0 aliphatic carbocycles. The molecule has 0 amide bonds. The fourth-order valence-corrected chi connectivity index (χ4v) is 2.62. The van der Waals surface area contributed by atoms with Gasteiger partial charge >= 0.3 is 0 Å². The molecule has 1 aromatic carbocycles. The summed E-state index contributed by atoms with van der Waals surface area (Å²) in [5.74, 6) is -0.526. The summed E-state index contributed by atoms with van der Waals surface area (Å²) < 4.78 is 19.0. The maximum Gasteiger partial charge on any atom is 0.293 e. The van der Waals surface area contributed by atoms with E-state index in [1.807, 2.05) is 6.92 Å². The fourth-order valence-electron chi connectivity index (χ4n) is 2.29. The first-order valence-corrected chi connectivity index (χ1v) is 7.46. The molecule has 1 saturated heterocycles. The first-order valence-electron chi connectivity index (χ1n) is 6.67. The Bertz CT molecular complexity index is 524. The van der Waals surface area contributed by atoms with Crippen LogP contribution in [0.3, 0.4) is 0 Å². The molecule has 0 radical (unpaired) electrons. The molecular weight excluding hydrogens is 345 g/mol. The predicted octanol–water partition coefficient (Wildman–Crippen LogP) is 2.63. The number of nitrogens with zero attached hydrogens (tertiary/aromatic N) is 2. The van der Waals surface area contributed by atoms with Crippen LogP contribution in [0.4, 0.5) is 15.8 Å². The Morgan fingerprint density at radius 1 is 1.52 bits per heavy atom. The zero-order valence-corrected chi connectivity index (χ0v) is 13.2. The molecule has 116 valence electrons. The Morgan fingerprint density at radius 2 is 2.19 bits per heavy atom. The van der Waals surface area contributed by atoms with Crippen molar-refractivity contribution in [1.82, 2.24) is 4.90 Å². The molecule has 8 heteroatoms. The summed E-state index contributed by atoms with van der Waals surface area (Å²) in [5.41, 5.74) is 0.0542. The average molecular weight is 362 g/mol. The molecule has 1 heterocycles. The summed E-state index contributed by atoms with van der Waals surface area (Å²) >= 11 is 2.97. The lowest BCUT2D eigenvalue weighted by atomic mass is 10.2. The molecule has 1 atom stereocenters. The van der Waals surface area contributed by atoms with Gasteiger partial charge in [-0.15, -0.1) is 0 Å². The molecule has 0 spiro atoms. The second kappa shape index (κ2) is 7.15. The summed E-state index contributed by atoms with van der Waals surface area (Å²) in [5, 5.41) is 14.1. The van der Waals surface area contributed by atoms with E-state index in [0.29, 0.717) is 13.2 Å². The van der Waals surface area contributed by atoms with Crippen LogP contribution in [0.5, 0.6) is 0 Å². The van der Waals surface area contributed by atoms with Crippen molar-refractivity contribution in [3.05, 3.63) is 32.5 Å². The lowest BCUT2D eigenvalue weighted by molar-refractivity contribution is -0.384. The van der Waals surface area contributed by atoms with Crippen LogP contribution in [0.1, 0.15) is 6.92 Å². The molecule has 1 N–H and O–H groups in total. The molecule has 0 aromatic heterocycles. The van der Waals surface area contributed by atoms with E-state index in [4.69, 9.17) is 4.74 Å². The third kappa shape index (κ3) is 4.36. The van der Waals surface area contributed by atoms with Crippen LogP contribution >= 0.6 is 15.9 Å². The van der Waals surface area contributed by atoms with Crippen molar-refractivity contribution in [2.24, 2.45) is 0 Å². The minimum Gasteiger partial charge on any atom is -0.379 e. The first-order chi connectivity index (χ1) is 9.97. The van der Waals surface area contributed by atoms with Crippen LogP contribution in [0.15, 0.2) is 16.6 Å². The quantitative estimate of drug-likeness (QED) is 0.644. The largest absolute Gasteiger partial charge is 0.379 e. The lowest BCUT2D eigenvalue weighted by Crippen LogP contribution is -2.42. The van der Waals surface area contributed by atoms with Crippen molar-refractivity contribution in [3.8, 4) is 0 Å². The predicted molar refractivity (Wildman–Crippen MR) is 81.1 cm³/mol. The number of morpholine rings is 1. The highest BCUT2D eigenvalue weighted by atomic mass is 79.9. The van der Waals surface area contributed by atoms with Crippen LogP contribution in [0, 0.1) is 15.9 Å². The number of ether oxygens (including phenoxy) is 1. The van der Waals surface area contributed by atoms with Gasteiger partial charge in [0.05, 0.1) is 22.6 Å². The number of halogens is 2. The third-order valence-corrected chi connectivity index (χ3v) is 3.88. The Morgan fingerprint density at radius 3 is 2.81 bits per heavy atom. The molecule has 0 bridgehead atoms.